The van der Waals surface area contributed by atoms with E-state index < -0.39 is 0 Å². The van der Waals surface area contributed by atoms with Gasteiger partial charge in [-0.05, 0) is 36.7 Å². The molecule has 1 aromatic carbocycles. The molecule has 1 N–H and O–H groups in total. The number of halogens is 1. The lowest BCUT2D eigenvalue weighted by Crippen LogP contribution is -2.33. The Balaban J connectivity index is 2.22. The van der Waals surface area contributed by atoms with Crippen LogP contribution in [0.25, 0.3) is 0 Å². The smallest absolute Gasteiger partial charge is 0.123 e. The van der Waals surface area contributed by atoms with Crippen LogP contribution in [-0.2, 0) is 0 Å². The second kappa shape index (κ2) is 6.83. The van der Waals surface area contributed by atoms with Crippen molar-refractivity contribution >= 4 is 23.5 Å². The molecule has 2 atom stereocenters. The lowest BCUT2D eigenvalue weighted by Gasteiger charge is -2.30. The predicted octanol–water partition coefficient (Wildman–Crippen LogP) is 3.63. The van der Waals surface area contributed by atoms with Gasteiger partial charge in [0.25, 0.3) is 0 Å². The summed E-state index contributed by atoms with van der Waals surface area (Å²) in [4.78, 5) is 0. The van der Waals surface area contributed by atoms with Crippen LogP contribution in [0, 0.1) is 12.7 Å². The van der Waals surface area contributed by atoms with Crippen LogP contribution < -0.4 is 5.32 Å². The molecular weight excluding hydrogens is 265 g/mol. The lowest BCUT2D eigenvalue weighted by atomic mass is 10.0. The first-order valence-corrected chi connectivity index (χ1v) is 8.61. The molecule has 1 nitrogen and oxygen atoms in total. The van der Waals surface area contributed by atoms with E-state index in [1.54, 1.807) is 12.1 Å². The minimum absolute atomic E-state index is 0.124. The Labute approximate surface area is 117 Å². The molecule has 2 rings (SSSR count). The van der Waals surface area contributed by atoms with E-state index in [-0.39, 0.29) is 11.9 Å². The zero-order chi connectivity index (χ0) is 13.0. The van der Waals surface area contributed by atoms with E-state index in [4.69, 9.17) is 0 Å². The van der Waals surface area contributed by atoms with Crippen molar-refractivity contribution in [1.29, 1.82) is 0 Å². The van der Waals surface area contributed by atoms with Crippen LogP contribution >= 0.6 is 23.5 Å². The maximum atomic E-state index is 13.6. The first-order chi connectivity index (χ1) is 8.70. The molecule has 18 heavy (non-hydrogen) atoms. The Bertz CT molecular complexity index is 371. The second-order valence-electron chi connectivity index (χ2n) is 4.58. The Morgan fingerprint density at radius 2 is 2.22 bits per heavy atom. The molecule has 0 spiro atoms. The van der Waals surface area contributed by atoms with E-state index in [0.717, 1.165) is 23.4 Å². The summed E-state index contributed by atoms with van der Waals surface area (Å²) in [6, 6.07) is 5.65. The van der Waals surface area contributed by atoms with Crippen LogP contribution in [0.5, 0.6) is 0 Å². The van der Waals surface area contributed by atoms with Crippen molar-refractivity contribution in [3.8, 4) is 0 Å². The van der Waals surface area contributed by atoms with E-state index >= 15 is 0 Å². The zero-order valence-electron chi connectivity index (χ0n) is 10.9. The first-order valence-electron chi connectivity index (χ1n) is 6.40. The number of hydrogen-bond acceptors (Lipinski definition) is 3. The maximum Gasteiger partial charge on any atom is 0.123 e. The minimum atomic E-state index is -0.124. The molecule has 1 heterocycles. The SMILES string of the molecule is CCNC(c1cc(C)cc(F)c1)C1CSCCS1. The highest BCUT2D eigenvalue weighted by atomic mass is 32.2. The van der Waals surface area contributed by atoms with Crippen molar-refractivity contribution < 1.29 is 4.39 Å². The molecule has 1 aromatic rings. The van der Waals surface area contributed by atoms with Gasteiger partial charge in [0.1, 0.15) is 5.82 Å². The van der Waals surface area contributed by atoms with Crippen molar-refractivity contribution in [2.45, 2.75) is 25.1 Å². The number of thioether (sulfide) groups is 2. The fraction of sp³-hybridized carbons (Fsp3) is 0.571. The van der Waals surface area contributed by atoms with Crippen LogP contribution in [-0.4, -0.2) is 29.1 Å². The summed E-state index contributed by atoms with van der Waals surface area (Å²) in [6.45, 7) is 4.99. The van der Waals surface area contributed by atoms with Gasteiger partial charge in [-0.2, -0.15) is 23.5 Å². The van der Waals surface area contributed by atoms with Gasteiger partial charge < -0.3 is 5.32 Å². The molecule has 4 heteroatoms. The third-order valence-electron chi connectivity index (χ3n) is 3.06. The minimum Gasteiger partial charge on any atom is -0.309 e. The summed E-state index contributed by atoms with van der Waals surface area (Å²) < 4.78 is 13.6. The van der Waals surface area contributed by atoms with Gasteiger partial charge in [0.15, 0.2) is 0 Å². The van der Waals surface area contributed by atoms with E-state index in [2.05, 4.69) is 18.3 Å². The Morgan fingerprint density at radius 1 is 1.39 bits per heavy atom. The van der Waals surface area contributed by atoms with Crippen molar-refractivity contribution in [2.24, 2.45) is 0 Å². The fourth-order valence-electron chi connectivity index (χ4n) is 2.33. The van der Waals surface area contributed by atoms with Crippen molar-refractivity contribution in [3.63, 3.8) is 0 Å². The van der Waals surface area contributed by atoms with Gasteiger partial charge >= 0.3 is 0 Å². The maximum absolute atomic E-state index is 13.6. The van der Waals surface area contributed by atoms with Crippen molar-refractivity contribution in [1.82, 2.24) is 5.32 Å². The van der Waals surface area contributed by atoms with E-state index in [0.29, 0.717) is 5.25 Å². The van der Waals surface area contributed by atoms with Crippen molar-refractivity contribution in [3.05, 3.63) is 35.1 Å². The van der Waals surface area contributed by atoms with E-state index in [1.165, 1.54) is 11.5 Å². The third-order valence-corrected chi connectivity index (χ3v) is 5.92. The van der Waals surface area contributed by atoms with E-state index in [9.17, 15) is 4.39 Å². The summed E-state index contributed by atoms with van der Waals surface area (Å²) in [5.41, 5.74) is 2.09. The highest BCUT2D eigenvalue weighted by Gasteiger charge is 2.25. The molecule has 0 aromatic heterocycles. The van der Waals surface area contributed by atoms with Crippen LogP contribution in [0.1, 0.15) is 24.1 Å². The van der Waals surface area contributed by atoms with Crippen LogP contribution in [0.3, 0.4) is 0 Å². The molecule has 1 saturated heterocycles. The first kappa shape index (κ1) is 14.2. The molecule has 0 radical (unpaired) electrons. The zero-order valence-corrected chi connectivity index (χ0v) is 12.5. The molecule has 0 saturated carbocycles. The fourth-order valence-corrected chi connectivity index (χ4v) is 5.20. The summed E-state index contributed by atoms with van der Waals surface area (Å²) in [5, 5.41) is 4.07. The number of aryl methyl sites for hydroxylation is 1. The molecule has 0 bridgehead atoms. The van der Waals surface area contributed by atoms with Gasteiger partial charge in [0.2, 0.25) is 0 Å². The largest absolute Gasteiger partial charge is 0.309 e. The Morgan fingerprint density at radius 3 is 2.83 bits per heavy atom. The molecule has 0 amide bonds. The summed E-state index contributed by atoms with van der Waals surface area (Å²) in [6.07, 6.45) is 0. The molecule has 1 aliphatic rings. The van der Waals surface area contributed by atoms with Crippen LogP contribution in [0.15, 0.2) is 18.2 Å². The molecule has 100 valence electrons. The topological polar surface area (TPSA) is 12.0 Å². The molecule has 1 fully saturated rings. The van der Waals surface area contributed by atoms with Gasteiger partial charge in [-0.3, -0.25) is 0 Å². The highest BCUT2D eigenvalue weighted by Crippen LogP contribution is 2.34. The number of nitrogens with one attached hydrogen (secondary N) is 1. The lowest BCUT2D eigenvalue weighted by molar-refractivity contribution is 0.543. The van der Waals surface area contributed by atoms with Crippen LogP contribution in [0.2, 0.25) is 0 Å². The quantitative estimate of drug-likeness (QED) is 0.907. The van der Waals surface area contributed by atoms with Crippen molar-refractivity contribution in [2.75, 3.05) is 23.8 Å². The average Bonchev–Trinajstić information content (AvgIpc) is 2.36. The standard InChI is InChI=1S/C14H20FNS2/c1-3-16-14(13-9-17-4-5-18-13)11-6-10(2)7-12(15)8-11/h6-8,13-14,16H,3-5,9H2,1-2H3. The van der Waals surface area contributed by atoms with Crippen LogP contribution in [0.4, 0.5) is 4.39 Å². The molecular formula is C14H20FNS2. The highest BCUT2D eigenvalue weighted by molar-refractivity contribution is 8.06. The number of hydrogen-bond donors (Lipinski definition) is 1. The Kier molecular flexibility index (Phi) is 5.39. The molecule has 1 aliphatic heterocycles. The Hall–Kier alpha value is -0.190. The number of benzene rings is 1. The summed E-state index contributed by atoms with van der Waals surface area (Å²) in [5.74, 6) is 3.47. The van der Waals surface area contributed by atoms with Gasteiger partial charge in [-0.1, -0.05) is 13.0 Å². The van der Waals surface area contributed by atoms with Gasteiger partial charge in [-0.15, -0.1) is 0 Å². The summed E-state index contributed by atoms with van der Waals surface area (Å²) in [7, 11) is 0. The van der Waals surface area contributed by atoms with E-state index in [1.807, 2.05) is 30.4 Å². The van der Waals surface area contributed by atoms with Gasteiger partial charge in [0, 0.05) is 28.6 Å². The average molecular weight is 285 g/mol. The second-order valence-corrected chi connectivity index (χ2v) is 7.08. The van der Waals surface area contributed by atoms with Gasteiger partial charge in [-0.25, -0.2) is 4.39 Å². The third kappa shape index (κ3) is 3.65. The predicted molar refractivity (Wildman–Crippen MR) is 81.1 cm³/mol. The monoisotopic (exact) mass is 285 g/mol. The summed E-state index contributed by atoms with van der Waals surface area (Å²) >= 11 is 4.02. The molecule has 0 aliphatic carbocycles. The number of rotatable bonds is 4. The van der Waals surface area contributed by atoms with Gasteiger partial charge in [0.05, 0.1) is 0 Å². The normalized spacial score (nSPS) is 21.8. The molecule has 2 unspecified atom stereocenters.